The van der Waals surface area contributed by atoms with E-state index in [9.17, 15) is 0 Å². The first-order valence-corrected chi connectivity index (χ1v) is 7.14. The Balaban J connectivity index is 1.97. The van der Waals surface area contributed by atoms with Gasteiger partial charge in [-0.15, -0.1) is 0 Å². The van der Waals surface area contributed by atoms with E-state index in [4.69, 9.17) is 0 Å². The first-order valence-electron chi connectivity index (χ1n) is 7.14. The van der Waals surface area contributed by atoms with Crippen LogP contribution >= 0.6 is 0 Å². The van der Waals surface area contributed by atoms with Crippen molar-refractivity contribution in [3.8, 4) is 11.3 Å². The maximum atomic E-state index is 4.26. The zero-order valence-electron chi connectivity index (χ0n) is 12.8. The van der Waals surface area contributed by atoms with E-state index in [0.29, 0.717) is 11.3 Å². The third kappa shape index (κ3) is 3.67. The van der Waals surface area contributed by atoms with Crippen molar-refractivity contribution in [2.24, 2.45) is 11.3 Å². The highest BCUT2D eigenvalue weighted by atomic mass is 15.3. The topological polar surface area (TPSA) is 53.6 Å². The van der Waals surface area contributed by atoms with Crippen molar-refractivity contribution in [1.29, 1.82) is 0 Å². The summed E-state index contributed by atoms with van der Waals surface area (Å²) >= 11 is 0. The van der Waals surface area contributed by atoms with Gasteiger partial charge in [0.1, 0.15) is 11.4 Å². The van der Waals surface area contributed by atoms with Gasteiger partial charge in [-0.05, 0) is 17.9 Å². The van der Waals surface area contributed by atoms with Crippen LogP contribution in [0.25, 0.3) is 11.3 Å². The molecule has 1 heterocycles. The van der Waals surface area contributed by atoms with E-state index < -0.39 is 0 Å². The summed E-state index contributed by atoms with van der Waals surface area (Å²) in [7, 11) is 0. The quantitative estimate of drug-likeness (QED) is 0.878. The molecule has 1 aromatic carbocycles. The van der Waals surface area contributed by atoms with E-state index in [1.54, 1.807) is 0 Å². The number of H-pyrrole nitrogens is 1. The van der Waals surface area contributed by atoms with Crippen LogP contribution in [0, 0.1) is 11.3 Å². The van der Waals surface area contributed by atoms with Gasteiger partial charge >= 0.3 is 0 Å². The molecule has 2 N–H and O–H groups in total. The molecule has 1 unspecified atom stereocenters. The monoisotopic (exact) mass is 272 g/mol. The van der Waals surface area contributed by atoms with Crippen LogP contribution in [-0.2, 0) is 6.54 Å². The molecular formula is C16H24N4. The van der Waals surface area contributed by atoms with Crippen LogP contribution in [0.2, 0.25) is 0 Å². The van der Waals surface area contributed by atoms with Crippen molar-refractivity contribution in [3.63, 3.8) is 0 Å². The molecule has 108 valence electrons. The predicted molar refractivity (Wildman–Crippen MR) is 82.1 cm³/mol. The Morgan fingerprint density at radius 2 is 1.85 bits per heavy atom. The van der Waals surface area contributed by atoms with Gasteiger partial charge in [0.2, 0.25) is 0 Å². The molecule has 4 nitrogen and oxygen atoms in total. The van der Waals surface area contributed by atoms with Gasteiger partial charge in [0.15, 0.2) is 0 Å². The summed E-state index contributed by atoms with van der Waals surface area (Å²) in [5, 5.41) is 14.7. The fraction of sp³-hybridized carbons (Fsp3) is 0.500. The molecule has 2 aromatic rings. The number of aromatic amines is 1. The van der Waals surface area contributed by atoms with E-state index in [-0.39, 0.29) is 0 Å². The van der Waals surface area contributed by atoms with Gasteiger partial charge < -0.3 is 5.32 Å². The van der Waals surface area contributed by atoms with Crippen molar-refractivity contribution < 1.29 is 0 Å². The Labute approximate surface area is 121 Å². The molecule has 1 aromatic heterocycles. The van der Waals surface area contributed by atoms with Crippen LogP contribution < -0.4 is 5.32 Å². The summed E-state index contributed by atoms with van der Waals surface area (Å²) in [5.41, 5.74) is 3.32. The molecule has 0 saturated heterocycles. The summed E-state index contributed by atoms with van der Waals surface area (Å²) in [6, 6.07) is 10.1. The lowest BCUT2D eigenvalue weighted by Crippen LogP contribution is -2.29. The molecular weight excluding hydrogens is 248 g/mol. The highest BCUT2D eigenvalue weighted by Gasteiger charge is 2.19. The average molecular weight is 272 g/mol. The fourth-order valence-electron chi connectivity index (χ4n) is 1.92. The summed E-state index contributed by atoms with van der Waals surface area (Å²) in [4.78, 5) is 0. The summed E-state index contributed by atoms with van der Waals surface area (Å²) in [5.74, 6) is 0.606. The van der Waals surface area contributed by atoms with Crippen LogP contribution in [0.1, 0.15) is 33.4 Å². The molecule has 1 atom stereocenters. The Morgan fingerprint density at radius 1 is 1.15 bits per heavy atom. The van der Waals surface area contributed by atoms with Crippen molar-refractivity contribution in [2.45, 2.75) is 34.2 Å². The third-order valence-corrected chi connectivity index (χ3v) is 3.89. The second-order valence-corrected chi connectivity index (χ2v) is 6.38. The Bertz CT molecular complexity index is 525. The number of nitrogens with one attached hydrogen (secondary N) is 2. The number of nitrogens with zero attached hydrogens (tertiary/aromatic N) is 2. The first kappa shape index (κ1) is 14.7. The van der Waals surface area contributed by atoms with E-state index in [0.717, 1.165) is 30.0 Å². The second kappa shape index (κ2) is 6.18. The molecule has 0 aliphatic rings. The maximum absolute atomic E-state index is 4.26. The lowest BCUT2D eigenvalue weighted by molar-refractivity contribution is 0.252. The smallest absolute Gasteiger partial charge is 0.117 e. The van der Waals surface area contributed by atoms with E-state index in [1.807, 2.05) is 18.2 Å². The minimum Gasteiger partial charge on any atom is -0.311 e. The van der Waals surface area contributed by atoms with Crippen LogP contribution in [0.15, 0.2) is 30.3 Å². The zero-order valence-corrected chi connectivity index (χ0v) is 12.8. The average Bonchev–Trinajstić information content (AvgIpc) is 2.87. The number of hydrogen-bond acceptors (Lipinski definition) is 3. The van der Waals surface area contributed by atoms with E-state index in [1.165, 1.54) is 0 Å². The molecule has 0 fully saturated rings. The molecule has 20 heavy (non-hydrogen) atoms. The predicted octanol–water partition coefficient (Wildman–Crippen LogP) is 3.24. The van der Waals surface area contributed by atoms with Gasteiger partial charge in [0, 0.05) is 12.1 Å². The van der Waals surface area contributed by atoms with Crippen LogP contribution in [0.5, 0.6) is 0 Å². The normalized spacial score (nSPS) is 13.4. The van der Waals surface area contributed by atoms with Crippen molar-refractivity contribution in [3.05, 3.63) is 36.0 Å². The van der Waals surface area contributed by atoms with Gasteiger partial charge in [-0.25, -0.2) is 0 Å². The lowest BCUT2D eigenvalue weighted by Gasteiger charge is -2.27. The Hall–Kier alpha value is -1.68. The van der Waals surface area contributed by atoms with Crippen molar-refractivity contribution >= 4 is 0 Å². The Morgan fingerprint density at radius 3 is 2.50 bits per heavy atom. The highest BCUT2D eigenvalue weighted by Crippen LogP contribution is 2.24. The van der Waals surface area contributed by atoms with Gasteiger partial charge in [-0.3, -0.25) is 0 Å². The first-order chi connectivity index (χ1) is 9.48. The number of rotatable bonds is 5. The standard InChI is InChI=1S/C16H24N4/c1-12(16(2,3)4)10-17-11-14-15(19-20-18-14)13-8-6-5-7-9-13/h5-9,12,17H,10-11H2,1-4H3,(H,18,19,20). The van der Waals surface area contributed by atoms with Crippen molar-refractivity contribution in [1.82, 2.24) is 20.7 Å². The third-order valence-electron chi connectivity index (χ3n) is 3.89. The molecule has 0 aliphatic heterocycles. The Kier molecular flexibility index (Phi) is 4.55. The summed E-state index contributed by atoms with van der Waals surface area (Å²) < 4.78 is 0. The maximum Gasteiger partial charge on any atom is 0.117 e. The molecule has 2 rings (SSSR count). The highest BCUT2D eigenvalue weighted by molar-refractivity contribution is 5.60. The van der Waals surface area contributed by atoms with Crippen LogP contribution in [0.4, 0.5) is 0 Å². The SMILES string of the molecule is CC(CNCc1n[nH]nc1-c1ccccc1)C(C)(C)C. The molecule has 0 saturated carbocycles. The number of aromatic nitrogens is 3. The summed E-state index contributed by atoms with van der Waals surface area (Å²) in [6.07, 6.45) is 0. The fourth-order valence-corrected chi connectivity index (χ4v) is 1.92. The molecule has 4 heteroatoms. The number of benzene rings is 1. The lowest BCUT2D eigenvalue weighted by atomic mass is 9.82. The second-order valence-electron chi connectivity index (χ2n) is 6.38. The molecule has 0 bridgehead atoms. The van der Waals surface area contributed by atoms with E-state index in [2.05, 4.69) is 60.6 Å². The molecule has 0 spiro atoms. The van der Waals surface area contributed by atoms with Gasteiger partial charge in [0.05, 0.1) is 0 Å². The molecule has 0 aliphatic carbocycles. The van der Waals surface area contributed by atoms with Gasteiger partial charge in [-0.2, -0.15) is 15.4 Å². The van der Waals surface area contributed by atoms with Crippen molar-refractivity contribution in [2.75, 3.05) is 6.54 Å². The van der Waals surface area contributed by atoms with Gasteiger partial charge in [-0.1, -0.05) is 58.0 Å². The van der Waals surface area contributed by atoms with Gasteiger partial charge in [0.25, 0.3) is 0 Å². The minimum absolute atomic E-state index is 0.319. The molecule has 0 amide bonds. The zero-order chi connectivity index (χ0) is 14.6. The van der Waals surface area contributed by atoms with Crippen LogP contribution in [-0.4, -0.2) is 22.0 Å². The minimum atomic E-state index is 0.319. The molecule has 0 radical (unpaired) electrons. The summed E-state index contributed by atoms with van der Waals surface area (Å²) in [6.45, 7) is 10.8. The largest absolute Gasteiger partial charge is 0.311 e. The number of hydrogen-bond donors (Lipinski definition) is 2. The van der Waals surface area contributed by atoms with Crippen LogP contribution in [0.3, 0.4) is 0 Å². The van der Waals surface area contributed by atoms with E-state index >= 15 is 0 Å².